The summed E-state index contributed by atoms with van der Waals surface area (Å²) >= 11 is 0. The second-order valence-electron chi connectivity index (χ2n) is 5.64. The summed E-state index contributed by atoms with van der Waals surface area (Å²) < 4.78 is 39.4. The van der Waals surface area contributed by atoms with Crippen molar-refractivity contribution in [2.45, 2.75) is 25.9 Å². The zero-order valence-electron chi connectivity index (χ0n) is 13.2. The minimum atomic E-state index is -4.31. The Hall–Kier alpha value is -2.64. The molecule has 5 nitrogen and oxygen atoms in total. The minimum absolute atomic E-state index is 0.0341. The second-order valence-corrected chi connectivity index (χ2v) is 5.64. The fraction of sp³-hybridized carbons (Fsp3) is 0.312. The molecule has 0 aliphatic rings. The molecule has 0 aliphatic heterocycles. The summed E-state index contributed by atoms with van der Waals surface area (Å²) in [5.74, 6) is 1.38. The Morgan fingerprint density at radius 1 is 1.08 bits per heavy atom. The number of hydrogen-bond donors (Lipinski definition) is 1. The van der Waals surface area contributed by atoms with Gasteiger partial charge in [-0.25, -0.2) is 0 Å². The molecule has 8 heteroatoms. The predicted molar refractivity (Wildman–Crippen MR) is 83.9 cm³/mol. The fourth-order valence-corrected chi connectivity index (χ4v) is 2.37. The Labute approximate surface area is 136 Å². The van der Waals surface area contributed by atoms with Crippen LogP contribution < -0.4 is 5.32 Å². The molecule has 1 N–H and O–H groups in total. The van der Waals surface area contributed by atoms with Crippen molar-refractivity contribution in [1.82, 2.24) is 19.8 Å². The van der Waals surface area contributed by atoms with Crippen molar-refractivity contribution < 1.29 is 13.2 Å². The van der Waals surface area contributed by atoms with Crippen LogP contribution >= 0.6 is 0 Å². The molecule has 1 unspecified atom stereocenters. The number of nitrogens with zero attached hydrogens (tertiary/aromatic N) is 4. The zero-order valence-corrected chi connectivity index (χ0v) is 13.2. The summed E-state index contributed by atoms with van der Waals surface area (Å²) in [5.41, 5.74) is 0.854. The van der Waals surface area contributed by atoms with Crippen LogP contribution in [0.4, 0.5) is 19.0 Å². The Balaban J connectivity index is 1.67. The van der Waals surface area contributed by atoms with Crippen LogP contribution in [-0.4, -0.2) is 26.4 Å². The van der Waals surface area contributed by atoms with E-state index in [1.807, 2.05) is 13.8 Å². The summed E-state index contributed by atoms with van der Waals surface area (Å²) in [7, 11) is 0. The number of halogens is 3. The highest BCUT2D eigenvalue weighted by Gasteiger charge is 2.30. The lowest BCUT2D eigenvalue weighted by molar-refractivity contribution is -0.137. The van der Waals surface area contributed by atoms with E-state index in [9.17, 15) is 13.2 Å². The van der Waals surface area contributed by atoms with Crippen LogP contribution in [0.1, 0.15) is 29.8 Å². The van der Waals surface area contributed by atoms with E-state index in [1.54, 1.807) is 16.6 Å². The van der Waals surface area contributed by atoms with Gasteiger partial charge in [-0.15, -0.1) is 15.3 Å². The fourth-order valence-electron chi connectivity index (χ4n) is 2.37. The van der Waals surface area contributed by atoms with E-state index in [4.69, 9.17) is 0 Å². The molecule has 0 fully saturated rings. The van der Waals surface area contributed by atoms with E-state index in [2.05, 4.69) is 20.6 Å². The summed E-state index contributed by atoms with van der Waals surface area (Å²) in [6.07, 6.45) is -4.31. The van der Waals surface area contributed by atoms with E-state index < -0.39 is 11.7 Å². The van der Waals surface area contributed by atoms with Crippen LogP contribution in [0.5, 0.6) is 0 Å². The Bertz CT molecular complexity index is 839. The molecule has 1 aromatic carbocycles. The number of hydrogen-bond acceptors (Lipinski definition) is 4. The van der Waals surface area contributed by atoms with Crippen molar-refractivity contribution in [3.05, 3.63) is 53.3 Å². The van der Waals surface area contributed by atoms with Gasteiger partial charge < -0.3 is 5.32 Å². The van der Waals surface area contributed by atoms with Gasteiger partial charge in [0, 0.05) is 6.54 Å². The molecule has 24 heavy (non-hydrogen) atoms. The number of benzene rings is 1. The van der Waals surface area contributed by atoms with Crippen molar-refractivity contribution in [2.75, 3.05) is 11.9 Å². The van der Waals surface area contributed by atoms with Gasteiger partial charge in [-0.1, -0.05) is 19.1 Å². The largest absolute Gasteiger partial charge is 0.416 e. The third-order valence-electron chi connectivity index (χ3n) is 3.82. The smallest absolute Gasteiger partial charge is 0.368 e. The first kappa shape index (κ1) is 16.2. The molecule has 3 rings (SSSR count). The number of aryl methyl sites for hydroxylation is 1. The molecular formula is C16H16F3N5. The molecule has 0 spiro atoms. The van der Waals surface area contributed by atoms with Gasteiger partial charge in [0.2, 0.25) is 0 Å². The van der Waals surface area contributed by atoms with E-state index in [1.165, 1.54) is 12.1 Å². The lowest BCUT2D eigenvalue weighted by Crippen LogP contribution is -2.12. The maximum absolute atomic E-state index is 12.6. The standard InChI is InChI=1S/C16H16F3N5/c1-10(12-3-5-13(6-4-12)16(17,18)19)9-20-14-7-8-15-22-21-11(2)24(15)23-14/h3-8,10H,9H2,1-2H3,(H,20,23). The SMILES string of the molecule is Cc1nnc2ccc(NCC(C)c3ccc(C(F)(F)F)cc3)nn12. The molecule has 0 radical (unpaired) electrons. The first-order valence-electron chi connectivity index (χ1n) is 7.44. The van der Waals surface area contributed by atoms with E-state index >= 15 is 0 Å². The molecule has 0 saturated heterocycles. The number of rotatable bonds is 4. The van der Waals surface area contributed by atoms with Crippen LogP contribution in [0, 0.1) is 6.92 Å². The normalized spacial score (nSPS) is 13.2. The summed E-state index contributed by atoms with van der Waals surface area (Å²) in [6, 6.07) is 8.83. The van der Waals surface area contributed by atoms with Crippen molar-refractivity contribution in [1.29, 1.82) is 0 Å². The molecule has 0 bridgehead atoms. The first-order chi connectivity index (χ1) is 11.3. The van der Waals surface area contributed by atoms with Gasteiger partial charge in [0.1, 0.15) is 5.82 Å². The number of aromatic nitrogens is 4. The first-order valence-corrected chi connectivity index (χ1v) is 7.44. The lowest BCUT2D eigenvalue weighted by atomic mass is 9.99. The van der Waals surface area contributed by atoms with Crippen LogP contribution in [0.3, 0.4) is 0 Å². The maximum atomic E-state index is 12.6. The average molecular weight is 335 g/mol. The summed E-state index contributed by atoms with van der Waals surface area (Å²) in [6.45, 7) is 4.30. The molecule has 1 atom stereocenters. The molecule has 2 heterocycles. The highest BCUT2D eigenvalue weighted by molar-refractivity contribution is 5.44. The highest BCUT2D eigenvalue weighted by Crippen LogP contribution is 2.30. The molecule has 0 saturated carbocycles. The maximum Gasteiger partial charge on any atom is 0.416 e. The van der Waals surface area contributed by atoms with E-state index in [0.29, 0.717) is 23.8 Å². The van der Waals surface area contributed by atoms with Crippen LogP contribution in [0.25, 0.3) is 5.65 Å². The zero-order chi connectivity index (χ0) is 17.3. The van der Waals surface area contributed by atoms with E-state index in [-0.39, 0.29) is 5.92 Å². The van der Waals surface area contributed by atoms with Gasteiger partial charge in [-0.2, -0.15) is 17.7 Å². The molecule has 0 aliphatic carbocycles. The van der Waals surface area contributed by atoms with Gasteiger partial charge >= 0.3 is 6.18 Å². The number of alkyl halides is 3. The monoisotopic (exact) mass is 335 g/mol. The minimum Gasteiger partial charge on any atom is -0.368 e. The molecular weight excluding hydrogens is 319 g/mol. The van der Waals surface area contributed by atoms with Gasteiger partial charge in [0.25, 0.3) is 0 Å². The highest BCUT2D eigenvalue weighted by atomic mass is 19.4. The Kier molecular flexibility index (Phi) is 4.13. The van der Waals surface area contributed by atoms with Crippen LogP contribution in [0.2, 0.25) is 0 Å². The summed E-state index contributed by atoms with van der Waals surface area (Å²) in [4.78, 5) is 0. The van der Waals surface area contributed by atoms with Gasteiger partial charge in [0.05, 0.1) is 5.56 Å². The van der Waals surface area contributed by atoms with Gasteiger partial charge in [0.15, 0.2) is 11.5 Å². The molecule has 2 aromatic heterocycles. The Morgan fingerprint density at radius 3 is 2.46 bits per heavy atom. The molecule has 3 aromatic rings. The van der Waals surface area contributed by atoms with Crippen molar-refractivity contribution in [2.24, 2.45) is 0 Å². The third kappa shape index (κ3) is 3.32. The van der Waals surface area contributed by atoms with Gasteiger partial charge in [-0.3, -0.25) is 0 Å². The Morgan fingerprint density at radius 2 is 1.79 bits per heavy atom. The summed E-state index contributed by atoms with van der Waals surface area (Å²) in [5, 5.41) is 15.5. The third-order valence-corrected chi connectivity index (χ3v) is 3.82. The number of nitrogens with one attached hydrogen (secondary N) is 1. The second kappa shape index (κ2) is 6.10. The lowest BCUT2D eigenvalue weighted by Gasteiger charge is -2.15. The van der Waals surface area contributed by atoms with Gasteiger partial charge in [-0.05, 0) is 42.7 Å². The molecule has 0 amide bonds. The number of fused-ring (bicyclic) bond motifs is 1. The van der Waals surface area contributed by atoms with E-state index in [0.717, 1.165) is 17.7 Å². The van der Waals surface area contributed by atoms with Crippen LogP contribution in [0.15, 0.2) is 36.4 Å². The molecule has 126 valence electrons. The van der Waals surface area contributed by atoms with Crippen LogP contribution in [-0.2, 0) is 6.18 Å². The van der Waals surface area contributed by atoms with Crippen molar-refractivity contribution >= 4 is 11.5 Å². The number of anilines is 1. The average Bonchev–Trinajstić information content (AvgIpc) is 2.93. The predicted octanol–water partition coefficient (Wildman–Crippen LogP) is 3.67. The quantitative estimate of drug-likeness (QED) is 0.790. The topological polar surface area (TPSA) is 55.1 Å². The van der Waals surface area contributed by atoms with Crippen molar-refractivity contribution in [3.63, 3.8) is 0 Å². The van der Waals surface area contributed by atoms with Crippen molar-refractivity contribution in [3.8, 4) is 0 Å².